The molecule has 21 heavy (non-hydrogen) atoms. The third-order valence-electron chi connectivity index (χ3n) is 3.80. The van der Waals surface area contributed by atoms with Crippen molar-refractivity contribution in [2.24, 2.45) is 0 Å². The molecule has 1 N–H and O–H groups in total. The van der Waals surface area contributed by atoms with Gasteiger partial charge >= 0.3 is 0 Å². The molecule has 1 aliphatic heterocycles. The number of nitrogens with one attached hydrogen (secondary N) is 1. The zero-order chi connectivity index (χ0) is 15.1. The summed E-state index contributed by atoms with van der Waals surface area (Å²) >= 11 is 0. The van der Waals surface area contributed by atoms with Crippen LogP contribution in [0.15, 0.2) is 24.3 Å². The average molecular weight is 294 g/mol. The van der Waals surface area contributed by atoms with Gasteiger partial charge in [0.25, 0.3) is 0 Å². The molecule has 5 heteroatoms. The van der Waals surface area contributed by atoms with Crippen molar-refractivity contribution in [3.05, 3.63) is 30.1 Å². The summed E-state index contributed by atoms with van der Waals surface area (Å²) in [4.78, 5) is 14.0. The highest BCUT2D eigenvalue weighted by atomic mass is 19.1. The topological polar surface area (TPSA) is 41.6 Å². The Balaban J connectivity index is 1.66. The number of carbonyl (C=O) groups is 1. The zero-order valence-corrected chi connectivity index (χ0v) is 12.5. The Morgan fingerprint density at radius 3 is 2.90 bits per heavy atom. The van der Waals surface area contributed by atoms with Gasteiger partial charge in [0.2, 0.25) is 5.91 Å². The van der Waals surface area contributed by atoms with E-state index in [4.69, 9.17) is 4.74 Å². The van der Waals surface area contributed by atoms with Crippen LogP contribution in [0.2, 0.25) is 0 Å². The molecule has 0 spiro atoms. The van der Waals surface area contributed by atoms with Gasteiger partial charge in [0.05, 0.1) is 6.61 Å². The highest BCUT2D eigenvalue weighted by Crippen LogP contribution is 2.13. The van der Waals surface area contributed by atoms with Gasteiger partial charge in [0, 0.05) is 25.6 Å². The van der Waals surface area contributed by atoms with Gasteiger partial charge in [-0.1, -0.05) is 0 Å². The standard InChI is InChI=1S/C16H23FN2O2/c1-18-14-4-2-10-19(12-14)16(20)5-3-11-21-15-8-6-13(17)7-9-15/h6-9,14,18H,2-5,10-12H2,1H3. The maximum absolute atomic E-state index is 12.7. The summed E-state index contributed by atoms with van der Waals surface area (Å²) in [6.07, 6.45) is 3.37. The molecule has 1 unspecified atom stereocenters. The third kappa shape index (κ3) is 5.01. The van der Waals surface area contributed by atoms with Gasteiger partial charge in [-0.25, -0.2) is 4.39 Å². The fourth-order valence-electron chi connectivity index (χ4n) is 2.54. The van der Waals surface area contributed by atoms with E-state index in [0.717, 1.165) is 25.9 Å². The van der Waals surface area contributed by atoms with E-state index in [0.29, 0.717) is 31.2 Å². The van der Waals surface area contributed by atoms with E-state index in [9.17, 15) is 9.18 Å². The van der Waals surface area contributed by atoms with Gasteiger partial charge in [-0.15, -0.1) is 0 Å². The Bertz CT molecular complexity index is 450. The number of rotatable bonds is 6. The molecule has 1 amide bonds. The second-order valence-corrected chi connectivity index (χ2v) is 5.37. The molecule has 0 radical (unpaired) electrons. The minimum absolute atomic E-state index is 0.192. The summed E-state index contributed by atoms with van der Waals surface area (Å²) < 4.78 is 18.2. The number of nitrogens with zero attached hydrogens (tertiary/aromatic N) is 1. The quantitative estimate of drug-likeness (QED) is 0.818. The number of amides is 1. The fourth-order valence-corrected chi connectivity index (χ4v) is 2.54. The number of piperidine rings is 1. The SMILES string of the molecule is CNC1CCCN(C(=O)CCCOc2ccc(F)cc2)C1. The maximum Gasteiger partial charge on any atom is 0.222 e. The van der Waals surface area contributed by atoms with Crippen molar-refractivity contribution in [3.63, 3.8) is 0 Å². The zero-order valence-electron chi connectivity index (χ0n) is 12.5. The number of carbonyl (C=O) groups excluding carboxylic acids is 1. The van der Waals surface area contributed by atoms with Gasteiger partial charge in [-0.2, -0.15) is 0 Å². The Hall–Kier alpha value is -1.62. The maximum atomic E-state index is 12.7. The van der Waals surface area contributed by atoms with E-state index < -0.39 is 0 Å². The van der Waals surface area contributed by atoms with Crippen molar-refractivity contribution in [2.75, 3.05) is 26.7 Å². The summed E-state index contributed by atoms with van der Waals surface area (Å²) in [5.41, 5.74) is 0. The minimum Gasteiger partial charge on any atom is -0.494 e. The molecule has 1 heterocycles. The molecular weight excluding hydrogens is 271 g/mol. The van der Waals surface area contributed by atoms with Crippen LogP contribution in [0.1, 0.15) is 25.7 Å². The molecule has 1 saturated heterocycles. The lowest BCUT2D eigenvalue weighted by Gasteiger charge is -2.32. The molecule has 0 bridgehead atoms. The van der Waals surface area contributed by atoms with Gasteiger partial charge < -0.3 is 15.0 Å². The molecular formula is C16H23FN2O2. The van der Waals surface area contributed by atoms with Crippen LogP contribution in [0.5, 0.6) is 5.75 Å². The lowest BCUT2D eigenvalue weighted by molar-refractivity contribution is -0.132. The monoisotopic (exact) mass is 294 g/mol. The number of ether oxygens (including phenoxy) is 1. The summed E-state index contributed by atoms with van der Waals surface area (Å²) in [6, 6.07) is 6.34. The smallest absolute Gasteiger partial charge is 0.222 e. The van der Waals surface area contributed by atoms with Crippen molar-refractivity contribution in [2.45, 2.75) is 31.7 Å². The molecule has 1 atom stereocenters. The Morgan fingerprint density at radius 2 is 2.19 bits per heavy atom. The van der Waals surface area contributed by atoms with Crippen LogP contribution in [-0.4, -0.2) is 43.6 Å². The molecule has 116 valence electrons. The van der Waals surface area contributed by atoms with E-state index in [1.165, 1.54) is 12.1 Å². The molecule has 0 aromatic heterocycles. The second-order valence-electron chi connectivity index (χ2n) is 5.37. The van der Waals surface area contributed by atoms with Crippen molar-refractivity contribution >= 4 is 5.91 Å². The van der Waals surface area contributed by atoms with E-state index in [1.807, 2.05) is 11.9 Å². The third-order valence-corrected chi connectivity index (χ3v) is 3.80. The van der Waals surface area contributed by atoms with Crippen molar-refractivity contribution in [3.8, 4) is 5.75 Å². The number of halogens is 1. The van der Waals surface area contributed by atoms with Crippen molar-refractivity contribution in [1.29, 1.82) is 0 Å². The lowest BCUT2D eigenvalue weighted by Crippen LogP contribution is -2.46. The normalized spacial score (nSPS) is 18.6. The Labute approximate surface area is 125 Å². The molecule has 1 fully saturated rings. The first-order valence-electron chi connectivity index (χ1n) is 7.52. The fraction of sp³-hybridized carbons (Fsp3) is 0.562. The van der Waals surface area contributed by atoms with E-state index in [1.54, 1.807) is 12.1 Å². The van der Waals surface area contributed by atoms with Crippen LogP contribution in [0.3, 0.4) is 0 Å². The average Bonchev–Trinajstić information content (AvgIpc) is 2.53. The van der Waals surface area contributed by atoms with E-state index in [2.05, 4.69) is 5.32 Å². The summed E-state index contributed by atoms with van der Waals surface area (Å²) in [5, 5.41) is 3.23. The minimum atomic E-state index is -0.276. The number of benzene rings is 1. The number of likely N-dealkylation sites (tertiary alicyclic amines) is 1. The predicted molar refractivity (Wildman–Crippen MR) is 79.8 cm³/mol. The van der Waals surface area contributed by atoms with Crippen LogP contribution >= 0.6 is 0 Å². The van der Waals surface area contributed by atoms with Gasteiger partial charge in [-0.05, 0) is 50.6 Å². The van der Waals surface area contributed by atoms with Crippen LogP contribution in [0.4, 0.5) is 4.39 Å². The first-order chi connectivity index (χ1) is 10.2. The molecule has 1 aromatic rings. The highest BCUT2D eigenvalue weighted by Gasteiger charge is 2.21. The molecule has 0 saturated carbocycles. The first-order valence-corrected chi connectivity index (χ1v) is 7.52. The second kappa shape index (κ2) is 7.98. The predicted octanol–water partition coefficient (Wildman–Crippen LogP) is 2.20. The highest BCUT2D eigenvalue weighted by molar-refractivity contribution is 5.76. The molecule has 1 aromatic carbocycles. The number of likely N-dealkylation sites (N-methyl/N-ethyl adjacent to an activating group) is 1. The van der Waals surface area contributed by atoms with Crippen LogP contribution in [0.25, 0.3) is 0 Å². The molecule has 1 aliphatic rings. The lowest BCUT2D eigenvalue weighted by atomic mass is 10.1. The van der Waals surface area contributed by atoms with Crippen LogP contribution in [0, 0.1) is 5.82 Å². The van der Waals surface area contributed by atoms with Crippen molar-refractivity contribution in [1.82, 2.24) is 10.2 Å². The van der Waals surface area contributed by atoms with Gasteiger partial charge in [0.15, 0.2) is 0 Å². The molecule has 4 nitrogen and oxygen atoms in total. The number of hydrogen-bond acceptors (Lipinski definition) is 3. The summed E-state index contributed by atoms with van der Waals surface area (Å²) in [5.74, 6) is 0.552. The van der Waals surface area contributed by atoms with E-state index >= 15 is 0 Å². The molecule has 2 rings (SSSR count). The summed E-state index contributed by atoms with van der Waals surface area (Å²) in [6.45, 7) is 2.13. The Kier molecular flexibility index (Phi) is 5.99. The van der Waals surface area contributed by atoms with Gasteiger partial charge in [0.1, 0.15) is 11.6 Å². The first kappa shape index (κ1) is 15.8. The largest absolute Gasteiger partial charge is 0.494 e. The molecule has 0 aliphatic carbocycles. The van der Waals surface area contributed by atoms with Crippen LogP contribution < -0.4 is 10.1 Å². The van der Waals surface area contributed by atoms with Crippen LogP contribution in [-0.2, 0) is 4.79 Å². The van der Waals surface area contributed by atoms with E-state index in [-0.39, 0.29) is 11.7 Å². The Morgan fingerprint density at radius 1 is 1.43 bits per heavy atom. The number of hydrogen-bond donors (Lipinski definition) is 1. The summed E-state index contributed by atoms with van der Waals surface area (Å²) in [7, 11) is 1.94. The van der Waals surface area contributed by atoms with Crippen molar-refractivity contribution < 1.29 is 13.9 Å². The van der Waals surface area contributed by atoms with Gasteiger partial charge in [-0.3, -0.25) is 4.79 Å².